The van der Waals surface area contributed by atoms with Gasteiger partial charge in [0.2, 0.25) is 0 Å². The first-order valence-electron chi connectivity index (χ1n) is 6.51. The summed E-state index contributed by atoms with van der Waals surface area (Å²) in [5, 5.41) is 9.03. The maximum Gasteiger partial charge on any atom is 0.573 e. The number of nitriles is 1. The van der Waals surface area contributed by atoms with Gasteiger partial charge in [-0.15, -0.1) is 13.2 Å². The van der Waals surface area contributed by atoms with Crippen molar-refractivity contribution >= 4 is 15.7 Å². The topological polar surface area (TPSA) is 79.2 Å². The van der Waals surface area contributed by atoms with E-state index in [4.69, 9.17) is 5.26 Å². The van der Waals surface area contributed by atoms with Crippen molar-refractivity contribution in [2.24, 2.45) is 0 Å². The highest BCUT2D eigenvalue weighted by atomic mass is 32.2. The molecule has 2 aromatic carbocycles. The number of nitrogens with zero attached hydrogens (tertiary/aromatic N) is 1. The molecular weight excluding hydrogens is 345 g/mol. The molecule has 2 rings (SSSR count). The van der Waals surface area contributed by atoms with Gasteiger partial charge in [0.05, 0.1) is 11.3 Å². The minimum Gasteiger partial charge on any atom is -0.404 e. The van der Waals surface area contributed by atoms with Gasteiger partial charge in [-0.05, 0) is 36.8 Å². The standard InChI is InChI=1S/C15H11F3N2O3S/c1-10-6-7-11(9-19)12(8-10)20-24(21,22)14-5-3-2-4-13(14)23-15(16,17)18/h2-8,20H,1H3. The van der Waals surface area contributed by atoms with E-state index < -0.39 is 27.0 Å². The number of anilines is 1. The molecule has 2 aromatic rings. The second-order valence-electron chi connectivity index (χ2n) is 4.76. The summed E-state index contributed by atoms with van der Waals surface area (Å²) in [6.07, 6.45) is -5.03. The molecule has 0 aliphatic rings. The first-order chi connectivity index (χ1) is 11.1. The zero-order chi connectivity index (χ0) is 18.0. The third-order valence-corrected chi connectivity index (χ3v) is 4.31. The summed E-state index contributed by atoms with van der Waals surface area (Å²) in [5.41, 5.74) is 0.684. The van der Waals surface area contributed by atoms with Crippen LogP contribution in [0.15, 0.2) is 47.4 Å². The zero-order valence-corrected chi connectivity index (χ0v) is 13.1. The van der Waals surface area contributed by atoms with Crippen molar-refractivity contribution in [1.29, 1.82) is 5.26 Å². The fourth-order valence-corrected chi connectivity index (χ4v) is 3.12. The molecule has 0 heterocycles. The number of ether oxygens (including phenoxy) is 1. The highest BCUT2D eigenvalue weighted by Gasteiger charge is 2.34. The Bertz CT molecular complexity index is 903. The Balaban J connectivity index is 2.46. The number of hydrogen-bond acceptors (Lipinski definition) is 4. The Labute approximate surface area is 136 Å². The molecule has 0 amide bonds. The van der Waals surface area contributed by atoms with Crippen LogP contribution in [-0.2, 0) is 10.0 Å². The van der Waals surface area contributed by atoms with Gasteiger partial charge in [0, 0.05) is 0 Å². The monoisotopic (exact) mass is 356 g/mol. The van der Waals surface area contributed by atoms with Crippen LogP contribution in [0.3, 0.4) is 0 Å². The number of sulfonamides is 1. The molecule has 0 unspecified atom stereocenters. The quantitative estimate of drug-likeness (QED) is 0.908. The minimum atomic E-state index is -5.03. The summed E-state index contributed by atoms with van der Waals surface area (Å²) in [5.74, 6) is -0.858. The van der Waals surface area contributed by atoms with Gasteiger partial charge in [0.15, 0.2) is 0 Å². The molecule has 0 bridgehead atoms. The lowest BCUT2D eigenvalue weighted by atomic mass is 10.1. The molecule has 0 aliphatic carbocycles. The van der Waals surface area contributed by atoms with Crippen LogP contribution in [-0.4, -0.2) is 14.8 Å². The smallest absolute Gasteiger partial charge is 0.404 e. The maximum absolute atomic E-state index is 12.4. The molecule has 0 fully saturated rings. The van der Waals surface area contributed by atoms with Crippen molar-refractivity contribution in [3.63, 3.8) is 0 Å². The Morgan fingerprint density at radius 1 is 1.17 bits per heavy atom. The highest BCUT2D eigenvalue weighted by Crippen LogP contribution is 2.31. The lowest BCUT2D eigenvalue weighted by molar-refractivity contribution is -0.275. The van der Waals surface area contributed by atoms with Gasteiger partial charge in [-0.25, -0.2) is 8.42 Å². The third kappa shape index (κ3) is 4.17. The number of hydrogen-bond donors (Lipinski definition) is 1. The van der Waals surface area contributed by atoms with Crippen molar-refractivity contribution in [1.82, 2.24) is 0 Å². The van der Waals surface area contributed by atoms with Crippen LogP contribution in [0.25, 0.3) is 0 Å². The number of aryl methyl sites for hydroxylation is 1. The molecule has 0 atom stereocenters. The van der Waals surface area contributed by atoms with Gasteiger partial charge in [-0.2, -0.15) is 5.26 Å². The number of nitrogens with one attached hydrogen (secondary N) is 1. The van der Waals surface area contributed by atoms with E-state index in [0.717, 1.165) is 12.1 Å². The highest BCUT2D eigenvalue weighted by molar-refractivity contribution is 7.92. The lowest BCUT2D eigenvalue weighted by Crippen LogP contribution is -2.21. The van der Waals surface area contributed by atoms with E-state index >= 15 is 0 Å². The van der Waals surface area contributed by atoms with E-state index in [1.807, 2.05) is 6.07 Å². The van der Waals surface area contributed by atoms with Gasteiger partial charge in [-0.3, -0.25) is 4.72 Å². The van der Waals surface area contributed by atoms with Gasteiger partial charge in [0.25, 0.3) is 10.0 Å². The van der Waals surface area contributed by atoms with Crippen molar-refractivity contribution < 1.29 is 26.3 Å². The van der Waals surface area contributed by atoms with E-state index in [1.54, 1.807) is 13.0 Å². The molecule has 0 saturated carbocycles. The number of benzene rings is 2. The first-order valence-corrected chi connectivity index (χ1v) is 7.99. The summed E-state index contributed by atoms with van der Waals surface area (Å²) in [6.45, 7) is 1.68. The van der Waals surface area contributed by atoms with Crippen LogP contribution in [0.2, 0.25) is 0 Å². The summed E-state index contributed by atoms with van der Waals surface area (Å²) >= 11 is 0. The predicted octanol–water partition coefficient (Wildman–Crippen LogP) is 3.57. The van der Waals surface area contributed by atoms with Crippen molar-refractivity contribution in [2.45, 2.75) is 18.2 Å². The van der Waals surface area contributed by atoms with E-state index in [0.29, 0.717) is 5.56 Å². The molecule has 126 valence electrons. The lowest BCUT2D eigenvalue weighted by Gasteiger charge is -2.15. The number of halogens is 3. The number of rotatable bonds is 4. The summed E-state index contributed by atoms with van der Waals surface area (Å²) in [7, 11) is -4.39. The normalized spacial score (nSPS) is 11.6. The van der Waals surface area contributed by atoms with Crippen LogP contribution in [0.4, 0.5) is 18.9 Å². The Kier molecular flexibility index (Phi) is 4.71. The molecule has 0 radical (unpaired) electrons. The molecular formula is C15H11F3N2O3S. The van der Waals surface area contributed by atoms with E-state index in [9.17, 15) is 21.6 Å². The fourth-order valence-electron chi connectivity index (χ4n) is 1.92. The Morgan fingerprint density at radius 3 is 2.46 bits per heavy atom. The molecule has 9 heteroatoms. The predicted molar refractivity (Wildman–Crippen MR) is 79.8 cm³/mol. The van der Waals surface area contributed by atoms with E-state index in [-0.39, 0.29) is 11.3 Å². The van der Waals surface area contributed by atoms with Crippen LogP contribution >= 0.6 is 0 Å². The molecule has 5 nitrogen and oxygen atoms in total. The molecule has 1 N–H and O–H groups in total. The summed E-state index contributed by atoms with van der Waals surface area (Å²) in [6, 6.07) is 10.6. The Morgan fingerprint density at radius 2 is 1.83 bits per heavy atom. The van der Waals surface area contributed by atoms with E-state index in [2.05, 4.69) is 9.46 Å². The molecule has 0 spiro atoms. The Hall–Kier alpha value is -2.73. The van der Waals surface area contributed by atoms with Crippen LogP contribution in [0, 0.1) is 18.3 Å². The van der Waals surface area contributed by atoms with E-state index in [1.165, 1.54) is 24.3 Å². The molecule has 0 saturated heterocycles. The SMILES string of the molecule is Cc1ccc(C#N)c(NS(=O)(=O)c2ccccc2OC(F)(F)F)c1. The van der Waals surface area contributed by atoms with Crippen LogP contribution in [0.1, 0.15) is 11.1 Å². The fraction of sp³-hybridized carbons (Fsp3) is 0.133. The third-order valence-electron chi connectivity index (χ3n) is 2.90. The van der Waals surface area contributed by atoms with Gasteiger partial charge >= 0.3 is 6.36 Å². The molecule has 0 aromatic heterocycles. The van der Waals surface area contributed by atoms with Gasteiger partial charge in [-0.1, -0.05) is 18.2 Å². The second kappa shape index (κ2) is 6.41. The minimum absolute atomic E-state index is 0.0284. The average Bonchev–Trinajstić information content (AvgIpc) is 2.46. The molecule has 24 heavy (non-hydrogen) atoms. The number of para-hydroxylation sites is 1. The zero-order valence-electron chi connectivity index (χ0n) is 12.3. The van der Waals surface area contributed by atoms with Gasteiger partial charge in [0.1, 0.15) is 16.7 Å². The first kappa shape index (κ1) is 17.6. The largest absolute Gasteiger partial charge is 0.573 e. The second-order valence-corrected chi connectivity index (χ2v) is 6.41. The van der Waals surface area contributed by atoms with Gasteiger partial charge < -0.3 is 4.74 Å². The van der Waals surface area contributed by atoms with Crippen molar-refractivity contribution in [3.05, 3.63) is 53.6 Å². The molecule has 0 aliphatic heterocycles. The van der Waals surface area contributed by atoms with Crippen molar-refractivity contribution in [3.8, 4) is 11.8 Å². The number of alkyl halides is 3. The summed E-state index contributed by atoms with van der Waals surface area (Å²) < 4.78 is 68.0. The maximum atomic E-state index is 12.4. The van der Waals surface area contributed by atoms with Crippen LogP contribution < -0.4 is 9.46 Å². The average molecular weight is 356 g/mol. The van der Waals surface area contributed by atoms with Crippen molar-refractivity contribution in [2.75, 3.05) is 4.72 Å². The summed E-state index contributed by atoms with van der Waals surface area (Å²) in [4.78, 5) is -0.687. The van der Waals surface area contributed by atoms with Crippen LogP contribution in [0.5, 0.6) is 5.75 Å².